The first-order valence-corrected chi connectivity index (χ1v) is 15.7. The molecule has 0 aliphatic rings. The first kappa shape index (κ1) is 33.3. The molecule has 0 fully saturated rings. The maximum Gasteiger partial charge on any atom is 0.275 e. The van der Waals surface area contributed by atoms with Crippen molar-refractivity contribution in [3.63, 3.8) is 0 Å². The number of likely N-dealkylation sites (N-methyl/N-ethyl adjacent to an activating group) is 1. The number of carbonyl (C=O) groups is 1. The molecule has 42 heavy (non-hydrogen) atoms. The largest absolute Gasteiger partial charge is 0.370 e. The summed E-state index contributed by atoms with van der Waals surface area (Å²) in [4.78, 5) is 31.8. The van der Waals surface area contributed by atoms with Gasteiger partial charge in [-0.2, -0.15) is 0 Å². The Hall–Kier alpha value is -3.22. The van der Waals surface area contributed by atoms with Crippen molar-refractivity contribution < 1.29 is 18.1 Å². The molecular formula is C28H30Cl3N5O5S. The second kappa shape index (κ2) is 13.8. The second-order valence-electron chi connectivity index (χ2n) is 9.54. The minimum atomic E-state index is -3.31. The number of amides is 1. The molecule has 0 radical (unpaired) electrons. The SMILES string of the molecule is CCN(CCNS(C)(=O)=O)c1ccc(N=C(C(=O)Nc2cc(Cl)c(Cl)cc2Cl)c2c(C)cc(C)c([N+](=O)[O-])c2C)cc1. The van der Waals surface area contributed by atoms with Crippen molar-refractivity contribution in [2.45, 2.75) is 27.7 Å². The number of benzene rings is 3. The maximum atomic E-state index is 13.7. The molecule has 0 atom stereocenters. The average molecular weight is 655 g/mol. The summed E-state index contributed by atoms with van der Waals surface area (Å²) in [5.74, 6) is -0.661. The fourth-order valence-corrected chi connectivity index (χ4v) is 5.60. The van der Waals surface area contributed by atoms with Gasteiger partial charge in [0.15, 0.2) is 0 Å². The van der Waals surface area contributed by atoms with E-state index >= 15 is 0 Å². The van der Waals surface area contributed by atoms with E-state index in [4.69, 9.17) is 34.8 Å². The third kappa shape index (κ3) is 8.20. The lowest BCUT2D eigenvalue weighted by Gasteiger charge is -2.23. The van der Waals surface area contributed by atoms with Crippen LogP contribution in [0.15, 0.2) is 47.5 Å². The lowest BCUT2D eigenvalue weighted by atomic mass is 9.93. The molecule has 0 bridgehead atoms. The summed E-state index contributed by atoms with van der Waals surface area (Å²) in [5, 5.41) is 15.1. The minimum Gasteiger partial charge on any atom is -0.370 e. The molecule has 1 amide bonds. The summed E-state index contributed by atoms with van der Waals surface area (Å²) in [6.07, 6.45) is 1.10. The van der Waals surface area contributed by atoms with Gasteiger partial charge in [0.1, 0.15) is 5.71 Å². The highest BCUT2D eigenvalue weighted by Crippen LogP contribution is 2.34. The number of aryl methyl sites for hydroxylation is 2. The van der Waals surface area contributed by atoms with Gasteiger partial charge < -0.3 is 10.2 Å². The summed E-state index contributed by atoms with van der Waals surface area (Å²) < 4.78 is 25.3. The first-order chi connectivity index (χ1) is 19.6. The van der Waals surface area contributed by atoms with Gasteiger partial charge in [0.05, 0.1) is 37.6 Å². The standard InChI is InChI=1S/C28H30Cl3N5O5S/c1-6-35(12-11-32-42(5,40)41)20-9-7-19(8-10-20)33-26(25-16(2)13-17(3)27(18(25)4)36(38)39)28(37)34-24-15-22(30)21(29)14-23(24)31/h7-10,13-15,32H,6,11-12H2,1-5H3,(H,34,37). The number of nitrogens with one attached hydrogen (secondary N) is 2. The summed E-state index contributed by atoms with van der Waals surface area (Å²) in [7, 11) is -3.31. The van der Waals surface area contributed by atoms with Crippen molar-refractivity contribution >= 4 is 79.2 Å². The Balaban J connectivity index is 2.09. The van der Waals surface area contributed by atoms with Gasteiger partial charge in [-0.3, -0.25) is 14.9 Å². The maximum absolute atomic E-state index is 13.7. The number of aliphatic imine (C=N–C) groups is 1. The number of nitrogens with zero attached hydrogens (tertiary/aromatic N) is 3. The molecule has 3 aromatic carbocycles. The van der Waals surface area contributed by atoms with Crippen molar-refractivity contribution in [3.05, 3.63) is 89.9 Å². The van der Waals surface area contributed by atoms with E-state index < -0.39 is 20.9 Å². The molecule has 0 unspecified atom stereocenters. The van der Waals surface area contributed by atoms with Gasteiger partial charge >= 0.3 is 0 Å². The van der Waals surface area contributed by atoms with Gasteiger partial charge in [-0.25, -0.2) is 18.1 Å². The quantitative estimate of drug-likeness (QED) is 0.103. The summed E-state index contributed by atoms with van der Waals surface area (Å²) in [5.41, 5.74) is 2.93. The van der Waals surface area contributed by atoms with Gasteiger partial charge in [-0.05, 0) is 75.7 Å². The Morgan fingerprint density at radius 1 is 1.00 bits per heavy atom. The number of hydrogen-bond donors (Lipinski definition) is 2. The molecule has 3 aromatic rings. The molecule has 0 aliphatic carbocycles. The molecule has 3 rings (SSSR count). The lowest BCUT2D eigenvalue weighted by molar-refractivity contribution is -0.386. The van der Waals surface area contributed by atoms with Gasteiger partial charge in [-0.1, -0.05) is 34.8 Å². The van der Waals surface area contributed by atoms with Gasteiger partial charge in [0.25, 0.3) is 11.6 Å². The molecule has 2 N–H and O–H groups in total. The Labute approximate surface area is 259 Å². The molecule has 0 aliphatic heterocycles. The number of anilines is 2. The highest BCUT2D eigenvalue weighted by atomic mass is 35.5. The Bertz CT molecular complexity index is 1660. The van der Waals surface area contributed by atoms with E-state index in [1.807, 2.05) is 11.8 Å². The fourth-order valence-electron chi connectivity index (χ4n) is 4.54. The van der Waals surface area contributed by atoms with E-state index in [2.05, 4.69) is 15.0 Å². The average Bonchev–Trinajstić information content (AvgIpc) is 2.88. The number of halogens is 3. The minimum absolute atomic E-state index is 0.0623. The first-order valence-electron chi connectivity index (χ1n) is 12.7. The smallest absolute Gasteiger partial charge is 0.275 e. The van der Waals surface area contributed by atoms with E-state index in [1.54, 1.807) is 51.1 Å². The Kier molecular flexibility index (Phi) is 11.0. The number of rotatable bonds is 11. The lowest BCUT2D eigenvalue weighted by Crippen LogP contribution is -2.34. The molecule has 0 saturated heterocycles. The topological polar surface area (TPSA) is 134 Å². The summed E-state index contributed by atoms with van der Waals surface area (Å²) in [6.45, 7) is 8.21. The van der Waals surface area contributed by atoms with E-state index in [9.17, 15) is 23.3 Å². The van der Waals surface area contributed by atoms with Gasteiger partial charge in [0.2, 0.25) is 10.0 Å². The molecule has 10 nitrogen and oxygen atoms in total. The Morgan fingerprint density at radius 2 is 1.62 bits per heavy atom. The van der Waals surface area contributed by atoms with E-state index in [-0.39, 0.29) is 38.7 Å². The summed E-state index contributed by atoms with van der Waals surface area (Å²) in [6, 6.07) is 11.4. The third-order valence-electron chi connectivity index (χ3n) is 6.41. The summed E-state index contributed by atoms with van der Waals surface area (Å²) >= 11 is 18.5. The van der Waals surface area contributed by atoms with Gasteiger partial charge in [0, 0.05) is 42.0 Å². The number of hydrogen-bond acceptors (Lipinski definition) is 7. The zero-order valence-corrected chi connectivity index (χ0v) is 26.7. The molecule has 0 aromatic heterocycles. The number of nitro benzene ring substituents is 1. The van der Waals surface area contributed by atoms with Crippen LogP contribution in [0.25, 0.3) is 0 Å². The zero-order valence-electron chi connectivity index (χ0n) is 23.6. The van der Waals surface area contributed by atoms with Crippen LogP contribution in [0.1, 0.15) is 29.2 Å². The molecule has 0 spiro atoms. The molecule has 0 heterocycles. The van der Waals surface area contributed by atoms with Crippen molar-refractivity contribution in [3.8, 4) is 0 Å². The van der Waals surface area contributed by atoms with E-state index in [0.717, 1.165) is 11.9 Å². The van der Waals surface area contributed by atoms with E-state index in [0.29, 0.717) is 41.0 Å². The van der Waals surface area contributed by atoms with Crippen molar-refractivity contribution in [1.82, 2.24) is 4.72 Å². The van der Waals surface area contributed by atoms with Crippen molar-refractivity contribution in [2.24, 2.45) is 4.99 Å². The monoisotopic (exact) mass is 653 g/mol. The van der Waals surface area contributed by atoms with Crippen LogP contribution in [0.3, 0.4) is 0 Å². The van der Waals surface area contributed by atoms with Crippen molar-refractivity contribution in [2.75, 3.05) is 36.1 Å². The van der Waals surface area contributed by atoms with Crippen LogP contribution in [0.2, 0.25) is 15.1 Å². The predicted octanol–water partition coefficient (Wildman–Crippen LogP) is 6.62. The van der Waals surface area contributed by atoms with Crippen LogP contribution in [-0.4, -0.2) is 50.9 Å². The molecule has 0 saturated carbocycles. The van der Waals surface area contributed by atoms with Crippen LogP contribution in [0.5, 0.6) is 0 Å². The zero-order chi connectivity index (χ0) is 31.4. The van der Waals surface area contributed by atoms with Crippen LogP contribution in [-0.2, 0) is 14.8 Å². The van der Waals surface area contributed by atoms with Crippen LogP contribution in [0.4, 0.5) is 22.7 Å². The second-order valence-corrected chi connectivity index (χ2v) is 12.6. The van der Waals surface area contributed by atoms with Crippen LogP contribution < -0.4 is 14.9 Å². The van der Waals surface area contributed by atoms with E-state index in [1.165, 1.54) is 12.1 Å². The normalized spacial score (nSPS) is 11.9. The predicted molar refractivity (Wildman–Crippen MR) is 171 cm³/mol. The highest BCUT2D eigenvalue weighted by Gasteiger charge is 2.27. The van der Waals surface area contributed by atoms with Crippen molar-refractivity contribution in [1.29, 1.82) is 0 Å². The number of carbonyl (C=O) groups excluding carboxylic acids is 1. The van der Waals surface area contributed by atoms with Crippen LogP contribution in [0, 0.1) is 30.9 Å². The highest BCUT2D eigenvalue weighted by molar-refractivity contribution is 7.88. The molecule has 14 heteroatoms. The Morgan fingerprint density at radius 3 is 2.19 bits per heavy atom. The third-order valence-corrected chi connectivity index (χ3v) is 8.17. The number of sulfonamides is 1. The van der Waals surface area contributed by atoms with Crippen LogP contribution >= 0.6 is 34.8 Å². The fraction of sp³-hybridized carbons (Fsp3) is 0.286. The number of nitro groups is 1. The molecular weight excluding hydrogens is 625 g/mol. The molecule has 224 valence electrons. The van der Waals surface area contributed by atoms with Gasteiger partial charge in [-0.15, -0.1) is 0 Å².